The Balaban J connectivity index is 1.53. The van der Waals surface area contributed by atoms with Gasteiger partial charge in [0.25, 0.3) is 5.91 Å². The van der Waals surface area contributed by atoms with E-state index in [0.717, 1.165) is 11.8 Å². The second-order valence-corrected chi connectivity index (χ2v) is 7.62. The van der Waals surface area contributed by atoms with E-state index >= 15 is 0 Å². The van der Waals surface area contributed by atoms with Crippen molar-refractivity contribution in [2.24, 2.45) is 17.8 Å². The van der Waals surface area contributed by atoms with Gasteiger partial charge in [0.1, 0.15) is 5.75 Å². The van der Waals surface area contributed by atoms with E-state index in [9.17, 15) is 9.59 Å². The van der Waals surface area contributed by atoms with E-state index in [1.807, 2.05) is 0 Å². The first-order valence-electron chi connectivity index (χ1n) is 8.66. The van der Waals surface area contributed by atoms with Gasteiger partial charge in [-0.3, -0.25) is 9.59 Å². The zero-order valence-electron chi connectivity index (χ0n) is 14.2. The second-order valence-electron chi connectivity index (χ2n) is 7.18. The number of hydrogen-bond donors (Lipinski definition) is 1. The van der Waals surface area contributed by atoms with Gasteiger partial charge in [0.15, 0.2) is 12.4 Å². The van der Waals surface area contributed by atoms with Crippen molar-refractivity contribution in [3.63, 3.8) is 0 Å². The third-order valence-electron chi connectivity index (χ3n) is 5.50. The number of hydrogen-bond acceptors (Lipinski definition) is 3. The van der Waals surface area contributed by atoms with Gasteiger partial charge in [-0.05, 0) is 69.1 Å². The SMILES string of the molecule is CC(=O)c1cc(Cl)ccc1OCC(=O)N[C@H](C)[C@H]1C[C@H]2CC[C@H]1C2. The molecule has 1 aromatic rings. The lowest BCUT2D eigenvalue weighted by molar-refractivity contribution is -0.124. The van der Waals surface area contributed by atoms with Gasteiger partial charge in [0.2, 0.25) is 0 Å². The summed E-state index contributed by atoms with van der Waals surface area (Å²) in [7, 11) is 0. The smallest absolute Gasteiger partial charge is 0.258 e. The molecule has 1 aromatic carbocycles. The number of benzene rings is 1. The van der Waals surface area contributed by atoms with Crippen molar-refractivity contribution in [1.82, 2.24) is 5.32 Å². The number of ketones is 1. The van der Waals surface area contributed by atoms with Gasteiger partial charge in [-0.1, -0.05) is 18.0 Å². The van der Waals surface area contributed by atoms with Crippen molar-refractivity contribution in [3.05, 3.63) is 28.8 Å². The predicted molar refractivity (Wildman–Crippen MR) is 93.5 cm³/mol. The van der Waals surface area contributed by atoms with Crippen LogP contribution in [0.15, 0.2) is 18.2 Å². The number of halogens is 1. The van der Waals surface area contributed by atoms with E-state index < -0.39 is 0 Å². The molecule has 1 amide bonds. The van der Waals surface area contributed by atoms with Crippen LogP contribution in [0.3, 0.4) is 0 Å². The molecular formula is C19H24ClNO3. The van der Waals surface area contributed by atoms with Gasteiger partial charge >= 0.3 is 0 Å². The highest BCUT2D eigenvalue weighted by atomic mass is 35.5. The molecule has 0 saturated heterocycles. The molecule has 4 nitrogen and oxygen atoms in total. The highest BCUT2D eigenvalue weighted by Gasteiger charge is 2.42. The summed E-state index contributed by atoms with van der Waals surface area (Å²) in [4.78, 5) is 23.8. The minimum absolute atomic E-state index is 0.0902. The van der Waals surface area contributed by atoms with Crippen LogP contribution in [0.2, 0.25) is 5.02 Å². The lowest BCUT2D eigenvalue weighted by Gasteiger charge is -2.28. The van der Waals surface area contributed by atoms with Crippen LogP contribution in [0, 0.1) is 17.8 Å². The fourth-order valence-corrected chi connectivity index (χ4v) is 4.53. The normalized spacial score (nSPS) is 26.2. The molecule has 0 heterocycles. The Bertz CT molecular complexity index is 645. The molecule has 2 aliphatic rings. The molecule has 24 heavy (non-hydrogen) atoms. The Labute approximate surface area is 147 Å². The van der Waals surface area contributed by atoms with Crippen LogP contribution >= 0.6 is 11.6 Å². The zero-order chi connectivity index (χ0) is 17.3. The highest BCUT2D eigenvalue weighted by molar-refractivity contribution is 6.31. The Hall–Kier alpha value is -1.55. The third-order valence-corrected chi connectivity index (χ3v) is 5.74. The van der Waals surface area contributed by atoms with Gasteiger partial charge in [0.05, 0.1) is 5.56 Å². The van der Waals surface area contributed by atoms with Crippen molar-refractivity contribution < 1.29 is 14.3 Å². The molecular weight excluding hydrogens is 326 g/mol. The van der Waals surface area contributed by atoms with Crippen LogP contribution in [0.1, 0.15) is 49.9 Å². The molecule has 2 bridgehead atoms. The molecule has 0 spiro atoms. The quantitative estimate of drug-likeness (QED) is 0.793. The van der Waals surface area contributed by atoms with Gasteiger partial charge in [-0.15, -0.1) is 0 Å². The van der Waals surface area contributed by atoms with Crippen molar-refractivity contribution >= 4 is 23.3 Å². The monoisotopic (exact) mass is 349 g/mol. The standard InChI is InChI=1S/C19H24ClNO3/c1-11(16-8-13-3-4-14(16)7-13)21-19(23)10-24-18-6-5-15(20)9-17(18)12(2)22/h5-6,9,11,13-14,16H,3-4,7-8,10H2,1-2H3,(H,21,23)/t11-,13+,14+,16-/m1/s1. The number of ether oxygens (including phenoxy) is 1. The molecule has 0 aromatic heterocycles. The van der Waals surface area contributed by atoms with Crippen LogP contribution < -0.4 is 10.1 Å². The van der Waals surface area contributed by atoms with Gasteiger partial charge in [0, 0.05) is 11.1 Å². The molecule has 4 atom stereocenters. The van der Waals surface area contributed by atoms with Crippen LogP contribution in [0.25, 0.3) is 0 Å². The molecule has 5 heteroatoms. The van der Waals surface area contributed by atoms with E-state index in [1.165, 1.54) is 32.6 Å². The van der Waals surface area contributed by atoms with E-state index in [1.54, 1.807) is 18.2 Å². The van der Waals surface area contributed by atoms with E-state index in [0.29, 0.717) is 22.3 Å². The molecule has 1 N–H and O–H groups in total. The molecule has 2 saturated carbocycles. The summed E-state index contributed by atoms with van der Waals surface area (Å²) in [5.41, 5.74) is 0.399. The first-order chi connectivity index (χ1) is 11.4. The Kier molecular flexibility index (Phi) is 5.14. The second kappa shape index (κ2) is 7.14. The molecule has 0 unspecified atom stereocenters. The Morgan fingerprint density at radius 2 is 2.12 bits per heavy atom. The molecule has 0 aliphatic heterocycles. The molecule has 130 valence electrons. The van der Waals surface area contributed by atoms with Gasteiger partial charge in [-0.25, -0.2) is 0 Å². The fraction of sp³-hybridized carbons (Fsp3) is 0.579. The topological polar surface area (TPSA) is 55.4 Å². The summed E-state index contributed by atoms with van der Waals surface area (Å²) in [6.07, 6.45) is 5.22. The Morgan fingerprint density at radius 1 is 1.33 bits per heavy atom. The lowest BCUT2D eigenvalue weighted by atomic mass is 9.84. The van der Waals surface area contributed by atoms with Gasteiger partial charge < -0.3 is 10.1 Å². The molecule has 2 fully saturated rings. The van der Waals surface area contributed by atoms with Crippen LogP contribution in [0.4, 0.5) is 0 Å². The maximum Gasteiger partial charge on any atom is 0.258 e. The van der Waals surface area contributed by atoms with Crippen LogP contribution in [-0.2, 0) is 4.79 Å². The summed E-state index contributed by atoms with van der Waals surface area (Å²) in [6, 6.07) is 5.02. The maximum atomic E-state index is 12.2. The summed E-state index contributed by atoms with van der Waals surface area (Å²) < 4.78 is 5.55. The molecule has 2 aliphatic carbocycles. The fourth-order valence-electron chi connectivity index (χ4n) is 4.36. The van der Waals surface area contributed by atoms with E-state index in [4.69, 9.17) is 16.3 Å². The number of rotatable bonds is 6. The number of fused-ring (bicyclic) bond motifs is 2. The number of carbonyl (C=O) groups is 2. The number of Topliss-reactive ketones (excluding diaryl/α,β-unsaturated/α-hetero) is 1. The van der Waals surface area contributed by atoms with Crippen molar-refractivity contribution in [2.75, 3.05) is 6.61 Å². The van der Waals surface area contributed by atoms with Crippen LogP contribution in [0.5, 0.6) is 5.75 Å². The first-order valence-corrected chi connectivity index (χ1v) is 9.04. The predicted octanol–water partition coefficient (Wildman–Crippen LogP) is 3.86. The molecule has 3 rings (SSSR count). The first kappa shape index (κ1) is 17.3. The average Bonchev–Trinajstić information content (AvgIpc) is 3.16. The van der Waals surface area contributed by atoms with Crippen molar-refractivity contribution in [1.29, 1.82) is 0 Å². The minimum Gasteiger partial charge on any atom is -0.483 e. The summed E-state index contributed by atoms with van der Waals surface area (Å²) in [5, 5.41) is 3.54. The average molecular weight is 350 g/mol. The zero-order valence-corrected chi connectivity index (χ0v) is 14.9. The highest BCUT2D eigenvalue weighted by Crippen LogP contribution is 2.49. The number of nitrogens with one attached hydrogen (secondary N) is 1. The van der Waals surface area contributed by atoms with Crippen molar-refractivity contribution in [2.45, 2.75) is 45.6 Å². The lowest BCUT2D eigenvalue weighted by Crippen LogP contribution is -2.42. The maximum absolute atomic E-state index is 12.2. The van der Waals surface area contributed by atoms with E-state index in [-0.39, 0.29) is 24.3 Å². The van der Waals surface area contributed by atoms with Gasteiger partial charge in [-0.2, -0.15) is 0 Å². The summed E-state index contributed by atoms with van der Waals surface area (Å²) >= 11 is 5.91. The van der Waals surface area contributed by atoms with Crippen LogP contribution in [-0.4, -0.2) is 24.3 Å². The number of carbonyl (C=O) groups excluding carboxylic acids is 2. The van der Waals surface area contributed by atoms with E-state index in [2.05, 4.69) is 12.2 Å². The third kappa shape index (κ3) is 3.75. The molecule has 0 radical (unpaired) electrons. The largest absolute Gasteiger partial charge is 0.483 e. The minimum atomic E-state index is -0.144. The number of amides is 1. The summed E-state index contributed by atoms with van der Waals surface area (Å²) in [5.74, 6) is 2.35. The Morgan fingerprint density at radius 3 is 2.75 bits per heavy atom. The summed E-state index contributed by atoms with van der Waals surface area (Å²) in [6.45, 7) is 3.45. The van der Waals surface area contributed by atoms with Crippen molar-refractivity contribution in [3.8, 4) is 5.75 Å².